The Morgan fingerprint density at radius 1 is 1.47 bits per heavy atom. The van der Waals surface area contributed by atoms with Crippen molar-refractivity contribution in [3.8, 4) is 0 Å². The molecule has 0 aromatic carbocycles. The molecule has 0 fully saturated rings. The van der Waals surface area contributed by atoms with E-state index in [9.17, 15) is 9.59 Å². The summed E-state index contributed by atoms with van der Waals surface area (Å²) in [5.41, 5.74) is 0.434. The van der Waals surface area contributed by atoms with E-state index in [1.165, 1.54) is 0 Å². The van der Waals surface area contributed by atoms with Gasteiger partial charge in [0.15, 0.2) is 0 Å². The predicted molar refractivity (Wildman–Crippen MR) is 74.8 cm³/mol. The van der Waals surface area contributed by atoms with Crippen molar-refractivity contribution in [1.29, 1.82) is 0 Å². The average molecular weight is 263 g/mol. The summed E-state index contributed by atoms with van der Waals surface area (Å²) < 4.78 is 5.12. The van der Waals surface area contributed by atoms with Gasteiger partial charge in [-0.25, -0.2) is 4.79 Å². The molecule has 0 spiro atoms. The monoisotopic (exact) mass is 263 g/mol. The highest BCUT2D eigenvalue weighted by atomic mass is 16.6. The molecule has 0 aromatic rings. The van der Waals surface area contributed by atoms with E-state index in [0.29, 0.717) is 6.42 Å². The normalized spacial score (nSPS) is 16.3. The summed E-state index contributed by atoms with van der Waals surface area (Å²) in [6, 6.07) is -0.572. The van der Waals surface area contributed by atoms with Crippen LogP contribution in [0.5, 0.6) is 0 Å². The highest BCUT2D eigenvalue weighted by Crippen LogP contribution is 2.12. The molecular formula is C15H21NO3. The number of nitrogens with one attached hydrogen (secondary N) is 1. The molecule has 1 amide bonds. The number of hydrogen-bond acceptors (Lipinski definition) is 3. The fourth-order valence-electron chi connectivity index (χ4n) is 1.61. The molecule has 0 radical (unpaired) electrons. The molecule has 4 heteroatoms. The van der Waals surface area contributed by atoms with Gasteiger partial charge in [0.25, 0.3) is 0 Å². The van der Waals surface area contributed by atoms with E-state index < -0.39 is 17.7 Å². The molecule has 0 heterocycles. The van der Waals surface area contributed by atoms with Crippen LogP contribution in [0.4, 0.5) is 4.79 Å². The lowest BCUT2D eigenvalue weighted by Gasteiger charge is -2.21. The number of carbonyl (C=O) groups is 2. The smallest absolute Gasteiger partial charge is 0.408 e. The second kappa shape index (κ2) is 6.92. The van der Waals surface area contributed by atoms with Gasteiger partial charge in [-0.2, -0.15) is 0 Å². The third-order valence-corrected chi connectivity index (χ3v) is 2.37. The van der Waals surface area contributed by atoms with Gasteiger partial charge in [0.1, 0.15) is 11.9 Å². The number of aldehydes is 1. The summed E-state index contributed by atoms with van der Waals surface area (Å²) >= 11 is 0. The van der Waals surface area contributed by atoms with Gasteiger partial charge >= 0.3 is 6.09 Å². The summed E-state index contributed by atoms with van der Waals surface area (Å²) in [7, 11) is 0. The summed E-state index contributed by atoms with van der Waals surface area (Å²) in [5.74, 6) is 0. The van der Waals surface area contributed by atoms with Crippen LogP contribution in [-0.4, -0.2) is 24.0 Å². The standard InChI is InChI=1S/C15H21NO3/c1-15(2,3)19-14(18)16-13(11-17)10-12-8-6-4-5-7-9-12/h4,6-9,11,13H,5,10H2,1-3H3,(H,16,18)/t13-/m0/s1. The van der Waals surface area contributed by atoms with Gasteiger partial charge in [-0.05, 0) is 39.2 Å². The minimum atomic E-state index is -0.572. The molecule has 0 aliphatic heterocycles. The molecule has 1 rings (SSSR count). The van der Waals surface area contributed by atoms with Gasteiger partial charge in [0, 0.05) is 0 Å². The van der Waals surface area contributed by atoms with Gasteiger partial charge in [0.05, 0.1) is 6.04 Å². The molecule has 0 bridgehead atoms. The maximum atomic E-state index is 11.6. The Hall–Kier alpha value is -1.84. The molecule has 1 aliphatic rings. The summed E-state index contributed by atoms with van der Waals surface area (Å²) in [4.78, 5) is 22.6. The summed E-state index contributed by atoms with van der Waals surface area (Å²) in [6.07, 6.45) is 11.4. The van der Waals surface area contributed by atoms with Crippen LogP contribution >= 0.6 is 0 Å². The maximum Gasteiger partial charge on any atom is 0.408 e. The summed E-state index contributed by atoms with van der Waals surface area (Å²) in [6.45, 7) is 5.34. The van der Waals surface area contributed by atoms with E-state index in [0.717, 1.165) is 18.3 Å². The molecule has 1 N–H and O–H groups in total. The second-order valence-corrected chi connectivity index (χ2v) is 5.40. The zero-order valence-electron chi connectivity index (χ0n) is 11.7. The van der Waals surface area contributed by atoms with Crippen LogP contribution in [0.1, 0.15) is 33.6 Å². The zero-order valence-corrected chi connectivity index (χ0v) is 11.7. The average Bonchev–Trinajstić information content (AvgIpc) is 2.54. The Kier molecular flexibility index (Phi) is 5.55. The van der Waals surface area contributed by atoms with E-state index in [1.54, 1.807) is 20.8 Å². The molecule has 0 aromatic heterocycles. The second-order valence-electron chi connectivity index (χ2n) is 5.40. The molecule has 104 valence electrons. The van der Waals surface area contributed by atoms with Crippen LogP contribution in [-0.2, 0) is 9.53 Å². The Labute approximate surface area is 114 Å². The predicted octanol–water partition coefficient (Wildman–Crippen LogP) is 2.91. The largest absolute Gasteiger partial charge is 0.444 e. The van der Waals surface area contributed by atoms with Crippen LogP contribution in [0.2, 0.25) is 0 Å². The zero-order chi connectivity index (χ0) is 14.3. The Morgan fingerprint density at radius 2 is 2.21 bits per heavy atom. The lowest BCUT2D eigenvalue weighted by atomic mass is 10.1. The molecule has 1 aliphatic carbocycles. The molecule has 1 atom stereocenters. The first-order chi connectivity index (χ1) is 8.90. The Bertz CT molecular complexity index is 414. The first kappa shape index (κ1) is 15.2. The minimum Gasteiger partial charge on any atom is -0.444 e. The van der Waals surface area contributed by atoms with Crippen LogP contribution in [0, 0.1) is 0 Å². The van der Waals surface area contributed by atoms with E-state index in [4.69, 9.17) is 4.74 Å². The molecule has 0 saturated carbocycles. The van der Waals surface area contributed by atoms with Crippen LogP contribution in [0.15, 0.2) is 36.0 Å². The number of amides is 1. The SMILES string of the molecule is CC(C)(C)OC(=O)N[C@H](C=O)CC1=CC=CCC=C1. The van der Waals surface area contributed by atoms with Crippen molar-refractivity contribution in [3.05, 3.63) is 36.0 Å². The van der Waals surface area contributed by atoms with Crippen LogP contribution < -0.4 is 5.32 Å². The van der Waals surface area contributed by atoms with E-state index >= 15 is 0 Å². The molecular weight excluding hydrogens is 242 g/mol. The van der Waals surface area contributed by atoms with Gasteiger partial charge < -0.3 is 14.8 Å². The van der Waals surface area contributed by atoms with E-state index in [2.05, 4.69) is 5.32 Å². The minimum absolute atomic E-state index is 0.462. The van der Waals surface area contributed by atoms with Crippen LogP contribution in [0.25, 0.3) is 0 Å². The fourth-order valence-corrected chi connectivity index (χ4v) is 1.61. The molecule has 0 saturated heterocycles. The Balaban J connectivity index is 2.54. The van der Waals surface area contributed by atoms with Crippen molar-refractivity contribution in [2.24, 2.45) is 0 Å². The van der Waals surface area contributed by atoms with Crippen LogP contribution in [0.3, 0.4) is 0 Å². The third-order valence-electron chi connectivity index (χ3n) is 2.37. The number of carbonyl (C=O) groups excluding carboxylic acids is 2. The quantitative estimate of drug-likeness (QED) is 0.793. The van der Waals surface area contributed by atoms with Crippen molar-refractivity contribution < 1.29 is 14.3 Å². The van der Waals surface area contributed by atoms with Gasteiger partial charge in [0.2, 0.25) is 0 Å². The molecule has 19 heavy (non-hydrogen) atoms. The maximum absolute atomic E-state index is 11.6. The number of rotatable bonds is 4. The highest BCUT2D eigenvalue weighted by molar-refractivity contribution is 5.73. The Morgan fingerprint density at radius 3 is 2.84 bits per heavy atom. The molecule has 4 nitrogen and oxygen atoms in total. The van der Waals surface area contributed by atoms with Crippen molar-refractivity contribution >= 4 is 12.4 Å². The first-order valence-corrected chi connectivity index (χ1v) is 6.38. The molecule has 0 unspecified atom stereocenters. The van der Waals surface area contributed by atoms with Gasteiger partial charge in [-0.3, -0.25) is 0 Å². The summed E-state index contributed by atoms with van der Waals surface area (Å²) in [5, 5.41) is 2.56. The number of ether oxygens (including phenoxy) is 1. The fraction of sp³-hybridized carbons (Fsp3) is 0.467. The van der Waals surface area contributed by atoms with Gasteiger partial charge in [-0.15, -0.1) is 0 Å². The van der Waals surface area contributed by atoms with Crippen molar-refractivity contribution in [3.63, 3.8) is 0 Å². The highest BCUT2D eigenvalue weighted by Gasteiger charge is 2.19. The van der Waals surface area contributed by atoms with Crippen molar-refractivity contribution in [1.82, 2.24) is 5.32 Å². The van der Waals surface area contributed by atoms with Gasteiger partial charge in [-0.1, -0.05) is 30.4 Å². The number of hydrogen-bond donors (Lipinski definition) is 1. The first-order valence-electron chi connectivity index (χ1n) is 6.38. The van der Waals surface area contributed by atoms with Crippen molar-refractivity contribution in [2.45, 2.75) is 45.3 Å². The lowest BCUT2D eigenvalue weighted by Crippen LogP contribution is -2.40. The topological polar surface area (TPSA) is 55.4 Å². The van der Waals surface area contributed by atoms with Crippen molar-refractivity contribution in [2.75, 3.05) is 0 Å². The number of allylic oxidation sites excluding steroid dienone is 5. The number of alkyl carbamates (subject to hydrolysis) is 1. The third kappa shape index (κ3) is 6.60. The van der Waals surface area contributed by atoms with E-state index in [1.807, 2.05) is 30.4 Å². The lowest BCUT2D eigenvalue weighted by molar-refractivity contribution is -0.109. The van der Waals surface area contributed by atoms with E-state index in [-0.39, 0.29) is 0 Å².